The summed E-state index contributed by atoms with van der Waals surface area (Å²) in [7, 11) is 0. The lowest BCUT2D eigenvalue weighted by atomic mass is 9.84. The van der Waals surface area contributed by atoms with Crippen molar-refractivity contribution < 1.29 is 9.84 Å². The van der Waals surface area contributed by atoms with Gasteiger partial charge in [-0.15, -0.1) is 0 Å². The van der Waals surface area contributed by atoms with Crippen LogP contribution < -0.4 is 0 Å². The van der Waals surface area contributed by atoms with Crippen molar-refractivity contribution in [3.63, 3.8) is 0 Å². The van der Waals surface area contributed by atoms with E-state index in [0.717, 1.165) is 25.7 Å². The molecule has 1 aliphatic carbocycles. The Labute approximate surface area is 86.6 Å². The molecular weight excluding hydrogens is 176 g/mol. The molecule has 14 heavy (non-hydrogen) atoms. The molecule has 0 amide bonds. The van der Waals surface area contributed by atoms with Crippen molar-refractivity contribution in [2.24, 2.45) is 0 Å². The molecule has 1 aliphatic heterocycles. The molecule has 1 saturated carbocycles. The summed E-state index contributed by atoms with van der Waals surface area (Å²) < 4.78 is 6.11. The van der Waals surface area contributed by atoms with Crippen LogP contribution in [0, 0.1) is 0 Å². The molecule has 3 atom stereocenters. The second kappa shape index (κ2) is 4.19. The molecule has 2 aliphatic rings. The maximum atomic E-state index is 9.81. The van der Waals surface area contributed by atoms with Crippen LogP contribution in [-0.2, 0) is 4.74 Å². The van der Waals surface area contributed by atoms with Gasteiger partial charge < -0.3 is 9.84 Å². The quantitative estimate of drug-likeness (QED) is 0.648. The Hall–Kier alpha value is -0.0800. The predicted molar refractivity (Wildman–Crippen MR) is 56.2 cm³/mol. The van der Waals surface area contributed by atoms with E-state index >= 15 is 0 Å². The lowest BCUT2D eigenvalue weighted by molar-refractivity contribution is -0.139. The van der Waals surface area contributed by atoms with E-state index in [-0.39, 0.29) is 11.7 Å². The molecule has 2 nitrogen and oxygen atoms in total. The van der Waals surface area contributed by atoms with Gasteiger partial charge in [0.2, 0.25) is 0 Å². The Morgan fingerprint density at radius 1 is 1.14 bits per heavy atom. The van der Waals surface area contributed by atoms with Crippen LogP contribution in [0.1, 0.15) is 58.3 Å². The summed E-state index contributed by atoms with van der Waals surface area (Å²) >= 11 is 0. The van der Waals surface area contributed by atoms with Gasteiger partial charge in [-0.05, 0) is 39.0 Å². The standard InChI is InChI=1S/C12H22O2/c1-10-5-4-8-12(14-10)7-3-2-6-11(13)9-12/h10-11,13H,2-9H2,1H3/t10-,11+,12+/m0/s1. The molecule has 82 valence electrons. The first-order valence-electron chi connectivity index (χ1n) is 6.06. The van der Waals surface area contributed by atoms with Gasteiger partial charge in [-0.2, -0.15) is 0 Å². The minimum absolute atomic E-state index is 0.0353. The van der Waals surface area contributed by atoms with Gasteiger partial charge in [-0.25, -0.2) is 0 Å². The molecule has 1 saturated heterocycles. The summed E-state index contributed by atoms with van der Waals surface area (Å²) in [6.45, 7) is 2.16. The highest BCUT2D eigenvalue weighted by atomic mass is 16.5. The number of rotatable bonds is 0. The summed E-state index contributed by atoms with van der Waals surface area (Å²) in [4.78, 5) is 0. The maximum Gasteiger partial charge on any atom is 0.0710 e. The number of aliphatic hydroxyl groups is 1. The molecule has 2 fully saturated rings. The SMILES string of the molecule is C[C@H]1CCC[C@@]2(CCCC[C@@H](O)C2)O1. The highest BCUT2D eigenvalue weighted by Gasteiger charge is 2.38. The Balaban J connectivity index is 2.03. The molecule has 0 aromatic carbocycles. The van der Waals surface area contributed by atoms with E-state index in [2.05, 4.69) is 6.92 Å². The monoisotopic (exact) mass is 198 g/mol. The highest BCUT2D eigenvalue weighted by molar-refractivity contribution is 4.89. The van der Waals surface area contributed by atoms with Crippen LogP contribution in [0.25, 0.3) is 0 Å². The van der Waals surface area contributed by atoms with E-state index in [0.29, 0.717) is 6.10 Å². The number of ether oxygens (including phenoxy) is 1. The van der Waals surface area contributed by atoms with Gasteiger partial charge >= 0.3 is 0 Å². The largest absolute Gasteiger partial charge is 0.393 e. The highest BCUT2D eigenvalue weighted by Crippen LogP contribution is 2.39. The zero-order chi connectivity index (χ0) is 10.0. The zero-order valence-electron chi connectivity index (χ0n) is 9.17. The molecule has 1 heterocycles. The first kappa shape index (κ1) is 10.4. The molecular formula is C12H22O2. The third-order valence-electron chi connectivity index (χ3n) is 3.72. The molecule has 0 aromatic heterocycles. The van der Waals surface area contributed by atoms with Crippen LogP contribution in [0.2, 0.25) is 0 Å². The summed E-state index contributed by atoms with van der Waals surface area (Å²) in [5.74, 6) is 0. The summed E-state index contributed by atoms with van der Waals surface area (Å²) in [5, 5.41) is 9.81. The van der Waals surface area contributed by atoms with Gasteiger partial charge in [-0.1, -0.05) is 12.8 Å². The minimum Gasteiger partial charge on any atom is -0.393 e. The topological polar surface area (TPSA) is 29.5 Å². The van der Waals surface area contributed by atoms with E-state index in [4.69, 9.17) is 4.74 Å². The van der Waals surface area contributed by atoms with Crippen LogP contribution >= 0.6 is 0 Å². The molecule has 0 bridgehead atoms. The Morgan fingerprint density at radius 3 is 2.71 bits per heavy atom. The van der Waals surface area contributed by atoms with Crippen LogP contribution in [0.4, 0.5) is 0 Å². The zero-order valence-corrected chi connectivity index (χ0v) is 9.17. The average molecular weight is 198 g/mol. The van der Waals surface area contributed by atoms with E-state index < -0.39 is 0 Å². The van der Waals surface area contributed by atoms with Crippen LogP contribution in [0.15, 0.2) is 0 Å². The lowest BCUT2D eigenvalue weighted by Gasteiger charge is -2.40. The van der Waals surface area contributed by atoms with Gasteiger partial charge in [-0.3, -0.25) is 0 Å². The van der Waals surface area contributed by atoms with Crippen LogP contribution in [0.3, 0.4) is 0 Å². The van der Waals surface area contributed by atoms with Gasteiger partial charge in [0.1, 0.15) is 0 Å². The normalized spacial score (nSPS) is 45.0. The van der Waals surface area contributed by atoms with Crippen molar-refractivity contribution in [2.75, 3.05) is 0 Å². The van der Waals surface area contributed by atoms with E-state index in [1.54, 1.807) is 0 Å². The fraction of sp³-hybridized carbons (Fsp3) is 1.00. The number of hydrogen-bond donors (Lipinski definition) is 1. The van der Waals surface area contributed by atoms with E-state index in [1.165, 1.54) is 25.7 Å². The van der Waals surface area contributed by atoms with Crippen molar-refractivity contribution in [3.05, 3.63) is 0 Å². The molecule has 0 aromatic rings. The van der Waals surface area contributed by atoms with Crippen LogP contribution in [0.5, 0.6) is 0 Å². The summed E-state index contributed by atoms with van der Waals surface area (Å²) in [6.07, 6.45) is 9.30. The van der Waals surface area contributed by atoms with Crippen molar-refractivity contribution in [2.45, 2.75) is 76.1 Å². The lowest BCUT2D eigenvalue weighted by Crippen LogP contribution is -2.41. The third-order valence-corrected chi connectivity index (χ3v) is 3.72. The molecule has 2 heteroatoms. The third kappa shape index (κ3) is 2.29. The van der Waals surface area contributed by atoms with E-state index in [9.17, 15) is 5.11 Å². The predicted octanol–water partition coefficient (Wildman–Crippen LogP) is 2.64. The molecule has 1 spiro atoms. The van der Waals surface area contributed by atoms with Gasteiger partial charge in [0, 0.05) is 6.42 Å². The molecule has 2 rings (SSSR count). The maximum absolute atomic E-state index is 9.81. The average Bonchev–Trinajstić information content (AvgIpc) is 2.27. The Morgan fingerprint density at radius 2 is 1.93 bits per heavy atom. The first-order valence-corrected chi connectivity index (χ1v) is 6.06. The second-order valence-corrected chi connectivity index (χ2v) is 5.11. The number of aliphatic hydroxyl groups excluding tert-OH is 1. The summed E-state index contributed by atoms with van der Waals surface area (Å²) in [6, 6.07) is 0. The number of hydrogen-bond acceptors (Lipinski definition) is 2. The van der Waals surface area contributed by atoms with Gasteiger partial charge in [0.25, 0.3) is 0 Å². The van der Waals surface area contributed by atoms with Crippen molar-refractivity contribution in [1.82, 2.24) is 0 Å². The molecule has 0 unspecified atom stereocenters. The second-order valence-electron chi connectivity index (χ2n) is 5.11. The fourth-order valence-electron chi connectivity index (χ4n) is 3.05. The first-order chi connectivity index (χ1) is 6.70. The Bertz CT molecular complexity index is 193. The van der Waals surface area contributed by atoms with Crippen molar-refractivity contribution >= 4 is 0 Å². The minimum atomic E-state index is -0.122. The smallest absolute Gasteiger partial charge is 0.0710 e. The van der Waals surface area contributed by atoms with Crippen molar-refractivity contribution in [1.29, 1.82) is 0 Å². The van der Waals surface area contributed by atoms with Gasteiger partial charge in [0.15, 0.2) is 0 Å². The summed E-state index contributed by atoms with van der Waals surface area (Å²) in [5.41, 5.74) is 0.0353. The van der Waals surface area contributed by atoms with Gasteiger partial charge in [0.05, 0.1) is 17.8 Å². The van der Waals surface area contributed by atoms with Crippen LogP contribution in [-0.4, -0.2) is 22.9 Å². The van der Waals surface area contributed by atoms with Crippen molar-refractivity contribution in [3.8, 4) is 0 Å². The fourth-order valence-corrected chi connectivity index (χ4v) is 3.05. The van der Waals surface area contributed by atoms with E-state index in [1.807, 2.05) is 0 Å². The Kier molecular flexibility index (Phi) is 3.13. The molecule has 1 N–H and O–H groups in total. The molecule has 0 radical (unpaired) electrons.